The van der Waals surface area contributed by atoms with Gasteiger partial charge in [0.2, 0.25) is 0 Å². The molecule has 5 nitrogen and oxygen atoms in total. The molecule has 4 N–H and O–H groups in total. The van der Waals surface area contributed by atoms with E-state index >= 15 is 0 Å². The number of phenolic OH excluding ortho intramolecular Hbond substituents is 1. The van der Waals surface area contributed by atoms with E-state index < -0.39 is 0 Å². The Kier molecular flexibility index (Phi) is 3.40. The standard InChI is InChI=1S/C15H20N2O3/c1-8-4-5-9(11(18)7-8)15(19)17-13-12(16)10-3-2-6-20-14(10)13/h4-5,7,10,12-14,18H,2-3,6,16H2,1H3,(H,17,19). The minimum Gasteiger partial charge on any atom is -0.507 e. The number of phenols is 1. The summed E-state index contributed by atoms with van der Waals surface area (Å²) in [6.45, 7) is 2.60. The number of amides is 1. The van der Waals surface area contributed by atoms with Gasteiger partial charge in [0.05, 0.1) is 17.7 Å². The molecular formula is C15H20N2O3. The Bertz CT molecular complexity index is 532. The zero-order chi connectivity index (χ0) is 14.3. The molecule has 2 fully saturated rings. The largest absolute Gasteiger partial charge is 0.507 e. The van der Waals surface area contributed by atoms with E-state index in [1.54, 1.807) is 18.2 Å². The van der Waals surface area contributed by atoms with Crippen molar-refractivity contribution in [2.75, 3.05) is 6.61 Å². The van der Waals surface area contributed by atoms with Gasteiger partial charge < -0.3 is 20.9 Å². The second kappa shape index (κ2) is 5.07. The minimum absolute atomic E-state index is 0.00323. The third-order valence-corrected chi connectivity index (χ3v) is 4.37. The summed E-state index contributed by atoms with van der Waals surface area (Å²) in [5, 5.41) is 12.7. The SMILES string of the molecule is Cc1ccc(C(=O)NC2C(N)C3CCCOC32)c(O)c1. The number of nitrogens with one attached hydrogen (secondary N) is 1. The molecule has 5 heteroatoms. The van der Waals surface area contributed by atoms with Crippen molar-refractivity contribution in [3.05, 3.63) is 29.3 Å². The van der Waals surface area contributed by atoms with Crippen LogP contribution in [0.4, 0.5) is 0 Å². The van der Waals surface area contributed by atoms with Gasteiger partial charge in [-0.1, -0.05) is 6.07 Å². The lowest BCUT2D eigenvalue weighted by molar-refractivity contribution is -0.117. The molecule has 4 atom stereocenters. The molecule has 0 aromatic heterocycles. The Hall–Kier alpha value is -1.59. The van der Waals surface area contributed by atoms with Gasteiger partial charge in [-0.15, -0.1) is 0 Å². The van der Waals surface area contributed by atoms with Gasteiger partial charge in [-0.3, -0.25) is 4.79 Å². The fourth-order valence-corrected chi connectivity index (χ4v) is 3.19. The molecule has 4 unspecified atom stereocenters. The molecule has 1 amide bonds. The van der Waals surface area contributed by atoms with Crippen LogP contribution in [0.1, 0.15) is 28.8 Å². The fraction of sp³-hybridized carbons (Fsp3) is 0.533. The van der Waals surface area contributed by atoms with Crippen molar-refractivity contribution in [3.63, 3.8) is 0 Å². The molecule has 1 saturated heterocycles. The predicted octanol–water partition coefficient (Wildman–Crippen LogP) is 0.935. The molecule has 1 aromatic rings. The van der Waals surface area contributed by atoms with Gasteiger partial charge in [0.1, 0.15) is 5.75 Å². The van der Waals surface area contributed by atoms with E-state index in [9.17, 15) is 9.90 Å². The second-order valence-electron chi connectivity index (χ2n) is 5.74. The fourth-order valence-electron chi connectivity index (χ4n) is 3.19. The summed E-state index contributed by atoms with van der Waals surface area (Å²) in [5.74, 6) is 0.0488. The molecule has 20 heavy (non-hydrogen) atoms. The lowest BCUT2D eigenvalue weighted by Crippen LogP contribution is -2.72. The van der Waals surface area contributed by atoms with E-state index in [0.717, 1.165) is 25.0 Å². The first kappa shape index (κ1) is 13.4. The maximum atomic E-state index is 12.2. The van der Waals surface area contributed by atoms with Crippen molar-refractivity contribution in [1.29, 1.82) is 0 Å². The van der Waals surface area contributed by atoms with Crippen molar-refractivity contribution in [3.8, 4) is 5.75 Å². The van der Waals surface area contributed by atoms with Gasteiger partial charge in [0.15, 0.2) is 0 Å². The maximum absolute atomic E-state index is 12.2. The molecule has 1 aliphatic carbocycles. The van der Waals surface area contributed by atoms with Gasteiger partial charge in [-0.05, 0) is 37.5 Å². The molecule has 1 aromatic carbocycles. The van der Waals surface area contributed by atoms with Crippen LogP contribution in [-0.4, -0.2) is 35.8 Å². The summed E-state index contributed by atoms with van der Waals surface area (Å²) in [6.07, 6.45) is 2.12. The van der Waals surface area contributed by atoms with E-state index in [0.29, 0.717) is 5.92 Å². The normalized spacial score (nSPS) is 32.1. The first-order valence-corrected chi connectivity index (χ1v) is 7.05. The zero-order valence-corrected chi connectivity index (χ0v) is 11.5. The van der Waals surface area contributed by atoms with Crippen LogP contribution in [0.5, 0.6) is 5.75 Å². The van der Waals surface area contributed by atoms with Gasteiger partial charge in [0, 0.05) is 18.6 Å². The van der Waals surface area contributed by atoms with E-state index in [4.69, 9.17) is 10.5 Å². The number of carbonyl (C=O) groups excluding carboxylic acids is 1. The average molecular weight is 276 g/mol. The molecule has 0 spiro atoms. The highest BCUT2D eigenvalue weighted by atomic mass is 16.5. The van der Waals surface area contributed by atoms with Gasteiger partial charge in [-0.2, -0.15) is 0 Å². The minimum atomic E-state index is -0.296. The van der Waals surface area contributed by atoms with Crippen LogP contribution in [0.15, 0.2) is 18.2 Å². The number of nitrogens with two attached hydrogens (primary N) is 1. The van der Waals surface area contributed by atoms with Gasteiger partial charge >= 0.3 is 0 Å². The van der Waals surface area contributed by atoms with Crippen LogP contribution in [0.25, 0.3) is 0 Å². The quantitative estimate of drug-likeness (QED) is 0.750. The Labute approximate surface area is 118 Å². The summed E-state index contributed by atoms with van der Waals surface area (Å²) in [4.78, 5) is 12.2. The topological polar surface area (TPSA) is 84.6 Å². The molecule has 2 aliphatic rings. The Balaban J connectivity index is 1.70. The molecule has 1 heterocycles. The number of hydrogen-bond acceptors (Lipinski definition) is 4. The number of fused-ring (bicyclic) bond motifs is 1. The summed E-state index contributed by atoms with van der Waals surface area (Å²) < 4.78 is 5.69. The van der Waals surface area contributed by atoms with Crippen molar-refractivity contribution in [2.45, 2.75) is 38.0 Å². The van der Waals surface area contributed by atoms with Gasteiger partial charge in [0.25, 0.3) is 5.91 Å². The van der Waals surface area contributed by atoms with Crippen LogP contribution < -0.4 is 11.1 Å². The number of hydrogen-bond donors (Lipinski definition) is 3. The highest BCUT2D eigenvalue weighted by molar-refractivity contribution is 5.97. The monoisotopic (exact) mass is 276 g/mol. The molecule has 1 saturated carbocycles. The van der Waals surface area contributed by atoms with Crippen LogP contribution in [-0.2, 0) is 4.74 Å². The van der Waals surface area contributed by atoms with Crippen LogP contribution in [0.2, 0.25) is 0 Å². The highest BCUT2D eigenvalue weighted by Gasteiger charge is 2.51. The van der Waals surface area contributed by atoms with E-state index in [1.807, 2.05) is 6.92 Å². The Morgan fingerprint density at radius 1 is 1.50 bits per heavy atom. The molecule has 0 bridgehead atoms. The second-order valence-corrected chi connectivity index (χ2v) is 5.74. The van der Waals surface area contributed by atoms with Crippen LogP contribution >= 0.6 is 0 Å². The van der Waals surface area contributed by atoms with Crippen molar-refractivity contribution in [2.24, 2.45) is 11.7 Å². The molecule has 108 valence electrons. The zero-order valence-electron chi connectivity index (χ0n) is 11.5. The number of carbonyl (C=O) groups is 1. The lowest BCUT2D eigenvalue weighted by atomic mass is 9.68. The Morgan fingerprint density at radius 3 is 3.05 bits per heavy atom. The van der Waals surface area contributed by atoms with E-state index in [1.165, 1.54) is 0 Å². The third kappa shape index (κ3) is 2.17. The smallest absolute Gasteiger partial charge is 0.255 e. The number of aromatic hydroxyl groups is 1. The summed E-state index contributed by atoms with van der Waals surface area (Å²) in [7, 11) is 0. The number of ether oxygens (including phenoxy) is 1. The lowest BCUT2D eigenvalue weighted by Gasteiger charge is -2.52. The molecule has 0 radical (unpaired) electrons. The highest BCUT2D eigenvalue weighted by Crippen LogP contribution is 2.37. The number of aryl methyl sites for hydroxylation is 1. The summed E-state index contributed by atoms with van der Waals surface area (Å²) in [6, 6.07) is 4.79. The number of benzene rings is 1. The van der Waals surface area contributed by atoms with Crippen molar-refractivity contribution in [1.82, 2.24) is 5.32 Å². The molecular weight excluding hydrogens is 256 g/mol. The number of rotatable bonds is 2. The van der Waals surface area contributed by atoms with E-state index in [-0.39, 0.29) is 35.4 Å². The predicted molar refractivity (Wildman–Crippen MR) is 74.5 cm³/mol. The molecule has 3 rings (SSSR count). The van der Waals surface area contributed by atoms with E-state index in [2.05, 4.69) is 5.32 Å². The van der Waals surface area contributed by atoms with Crippen molar-refractivity contribution < 1.29 is 14.6 Å². The summed E-state index contributed by atoms with van der Waals surface area (Å²) >= 11 is 0. The third-order valence-electron chi connectivity index (χ3n) is 4.37. The first-order chi connectivity index (χ1) is 9.58. The van der Waals surface area contributed by atoms with Crippen LogP contribution in [0.3, 0.4) is 0 Å². The van der Waals surface area contributed by atoms with Crippen molar-refractivity contribution >= 4 is 5.91 Å². The Morgan fingerprint density at radius 2 is 2.30 bits per heavy atom. The van der Waals surface area contributed by atoms with Gasteiger partial charge in [-0.25, -0.2) is 0 Å². The van der Waals surface area contributed by atoms with Crippen LogP contribution in [0, 0.1) is 12.8 Å². The first-order valence-electron chi connectivity index (χ1n) is 7.05. The maximum Gasteiger partial charge on any atom is 0.255 e. The summed E-state index contributed by atoms with van der Waals surface area (Å²) in [5.41, 5.74) is 7.30. The molecule has 1 aliphatic heterocycles. The average Bonchev–Trinajstić information content (AvgIpc) is 2.44.